The molecule has 0 aliphatic carbocycles. The van der Waals surface area contributed by atoms with Crippen molar-refractivity contribution >= 4 is 51.5 Å². The quantitative estimate of drug-likeness (QED) is 0.314. The van der Waals surface area contributed by atoms with Crippen molar-refractivity contribution in [3.05, 3.63) is 68.4 Å². The fourth-order valence-electron chi connectivity index (χ4n) is 3.55. The van der Waals surface area contributed by atoms with E-state index in [1.165, 1.54) is 0 Å². The molecule has 178 valence electrons. The summed E-state index contributed by atoms with van der Waals surface area (Å²) in [6.07, 6.45) is 1.93. The zero-order chi connectivity index (χ0) is 23.9. The fraction of sp³-hybridized carbons (Fsp3) is 0.304. The molecule has 1 aliphatic heterocycles. The molecule has 1 unspecified atom stereocenters. The van der Waals surface area contributed by atoms with Crippen molar-refractivity contribution < 1.29 is 9.63 Å². The summed E-state index contributed by atoms with van der Waals surface area (Å²) in [6.45, 7) is 1.24. The number of benzene rings is 2. The number of H-pyrrole nitrogens is 1. The number of fused-ring (bicyclic) bond motifs is 1. The van der Waals surface area contributed by atoms with Crippen LogP contribution in [0.3, 0.4) is 0 Å². The molecule has 2 heterocycles. The van der Waals surface area contributed by atoms with Gasteiger partial charge in [-0.05, 0) is 37.1 Å². The molecule has 1 aliphatic rings. The summed E-state index contributed by atoms with van der Waals surface area (Å²) in [5.74, 6) is 1.12. The van der Waals surface area contributed by atoms with Crippen molar-refractivity contribution in [1.82, 2.24) is 21.0 Å². The predicted molar refractivity (Wildman–Crippen MR) is 133 cm³/mol. The third kappa shape index (κ3) is 6.25. The van der Waals surface area contributed by atoms with Crippen LogP contribution < -0.4 is 21.7 Å². The molecule has 1 atom stereocenters. The first-order valence-corrected chi connectivity index (χ1v) is 11.7. The number of hydrogen-bond donors (Lipinski definition) is 4. The number of amides is 1. The molecule has 0 spiro atoms. The van der Waals surface area contributed by atoms with Gasteiger partial charge in [0.2, 0.25) is 5.91 Å². The van der Waals surface area contributed by atoms with Gasteiger partial charge in [-0.15, -0.1) is 0 Å². The number of amidine groups is 1. The van der Waals surface area contributed by atoms with Crippen LogP contribution in [0, 0.1) is 0 Å². The van der Waals surface area contributed by atoms with Crippen LogP contribution in [0.1, 0.15) is 31.2 Å². The number of nitrogens with zero attached hydrogens (tertiary/aromatic N) is 2. The molecule has 4 rings (SSSR count). The van der Waals surface area contributed by atoms with Crippen LogP contribution in [0.15, 0.2) is 52.3 Å². The second kappa shape index (κ2) is 11.3. The first-order valence-electron chi connectivity index (χ1n) is 10.9. The summed E-state index contributed by atoms with van der Waals surface area (Å²) >= 11 is 12.1. The molecule has 11 heteroatoms. The highest BCUT2D eigenvalue weighted by Gasteiger charge is 2.20. The van der Waals surface area contributed by atoms with Crippen LogP contribution in [0.4, 0.5) is 5.82 Å². The zero-order valence-electron chi connectivity index (χ0n) is 18.2. The molecule has 4 N–H and O–H groups in total. The summed E-state index contributed by atoms with van der Waals surface area (Å²) in [7, 11) is 0. The third-order valence-corrected chi connectivity index (χ3v) is 5.67. The lowest BCUT2D eigenvalue weighted by atomic mass is 10.2. The number of anilines is 1. The van der Waals surface area contributed by atoms with E-state index in [4.69, 9.17) is 28.0 Å². The van der Waals surface area contributed by atoms with Gasteiger partial charge in [0.05, 0.1) is 5.39 Å². The average Bonchev–Trinajstić information content (AvgIpc) is 3.30. The molecule has 34 heavy (non-hydrogen) atoms. The van der Waals surface area contributed by atoms with Crippen molar-refractivity contribution in [2.75, 3.05) is 18.4 Å². The van der Waals surface area contributed by atoms with Gasteiger partial charge in [0.25, 0.3) is 5.56 Å². The highest BCUT2D eigenvalue weighted by Crippen LogP contribution is 2.21. The van der Waals surface area contributed by atoms with Crippen molar-refractivity contribution in [1.29, 1.82) is 0 Å². The van der Waals surface area contributed by atoms with Gasteiger partial charge in [-0.2, -0.15) is 5.10 Å². The van der Waals surface area contributed by atoms with Crippen LogP contribution in [-0.4, -0.2) is 41.3 Å². The predicted octanol–water partition coefficient (Wildman–Crippen LogP) is 3.63. The molecular weight excluding hydrogens is 479 g/mol. The molecule has 1 amide bonds. The van der Waals surface area contributed by atoms with Gasteiger partial charge in [0, 0.05) is 46.9 Å². The smallest absolute Gasteiger partial charge is 0.272 e. The maximum absolute atomic E-state index is 12.1. The summed E-state index contributed by atoms with van der Waals surface area (Å²) in [4.78, 5) is 33.9. The Morgan fingerprint density at radius 3 is 2.59 bits per heavy atom. The van der Waals surface area contributed by atoms with E-state index in [0.717, 1.165) is 23.8 Å². The Hall–Kier alpha value is -3.14. The molecular formula is C23H24Cl2N6O3. The number of nitrogens with one attached hydrogen (secondary N) is 4. The molecule has 9 nitrogen and oxygen atoms in total. The van der Waals surface area contributed by atoms with Crippen molar-refractivity contribution in [3.8, 4) is 0 Å². The summed E-state index contributed by atoms with van der Waals surface area (Å²) in [5, 5.41) is 15.1. The van der Waals surface area contributed by atoms with Gasteiger partial charge in [-0.3, -0.25) is 9.59 Å². The highest BCUT2D eigenvalue weighted by atomic mass is 35.5. The number of unbranched alkanes of at least 4 members (excludes halogenated alkanes) is 1. The van der Waals surface area contributed by atoms with E-state index in [9.17, 15) is 9.59 Å². The Kier molecular flexibility index (Phi) is 7.99. The van der Waals surface area contributed by atoms with Crippen molar-refractivity contribution in [2.45, 2.75) is 31.9 Å². The summed E-state index contributed by atoms with van der Waals surface area (Å²) < 4.78 is 0. The lowest BCUT2D eigenvalue weighted by molar-refractivity contribution is -0.121. The van der Waals surface area contributed by atoms with Crippen molar-refractivity contribution in [3.63, 3.8) is 0 Å². The van der Waals surface area contributed by atoms with E-state index in [-0.39, 0.29) is 11.5 Å². The number of carbonyl (C=O) groups is 1. The Balaban J connectivity index is 1.14. The number of halogens is 2. The maximum atomic E-state index is 12.1. The molecule has 2 aromatic carbocycles. The molecule has 3 aromatic rings. The summed E-state index contributed by atoms with van der Waals surface area (Å²) in [5.41, 5.74) is 3.28. The second-order valence-electron chi connectivity index (χ2n) is 7.78. The Bertz CT molecular complexity index is 1240. The number of aliphatic imine (C=N–C) groups is 1. The number of carbonyl (C=O) groups excluding carboxylic acids is 1. The van der Waals surface area contributed by atoms with Crippen LogP contribution in [0.25, 0.3) is 10.8 Å². The minimum absolute atomic E-state index is 0.0562. The minimum Gasteiger partial charge on any atom is -0.368 e. The monoisotopic (exact) mass is 502 g/mol. The van der Waals surface area contributed by atoms with Crippen LogP contribution in [-0.2, 0) is 9.63 Å². The standard InChI is InChI=1S/C23H24Cl2N6O3/c24-15-11-14(12-16(25)13-15)21-28-20(34-31-21)8-7-19(32)26-9-3-4-10-27-22-17-5-1-2-6-18(17)23(33)30-29-22/h1-2,5-6,11-13,20H,3-4,7-10H2,(H,26,32)(H,27,29)(H,28,31)(H,30,33). The first kappa shape index (κ1) is 24.0. The van der Waals surface area contributed by atoms with E-state index in [0.29, 0.717) is 53.0 Å². The normalized spacial score (nSPS) is 15.1. The SMILES string of the molecule is O=C(CCC1N=C(c2cc(Cl)cc(Cl)c2)NO1)NCCCCNc1n[nH]c(=O)c2ccccc12. The lowest BCUT2D eigenvalue weighted by Crippen LogP contribution is -2.26. The number of aromatic amines is 1. The van der Waals surface area contributed by atoms with Crippen LogP contribution in [0.2, 0.25) is 10.0 Å². The van der Waals surface area contributed by atoms with Gasteiger partial charge < -0.3 is 10.6 Å². The molecule has 0 saturated heterocycles. The third-order valence-electron chi connectivity index (χ3n) is 5.23. The fourth-order valence-corrected chi connectivity index (χ4v) is 4.07. The molecule has 0 bridgehead atoms. The van der Waals surface area contributed by atoms with Gasteiger partial charge >= 0.3 is 0 Å². The number of hydroxylamine groups is 1. The Morgan fingerprint density at radius 1 is 1.06 bits per heavy atom. The van der Waals surface area contributed by atoms with Crippen molar-refractivity contribution in [2.24, 2.45) is 4.99 Å². The van der Waals surface area contributed by atoms with E-state index in [1.807, 2.05) is 18.2 Å². The van der Waals surface area contributed by atoms with Gasteiger partial charge in [0.1, 0.15) is 0 Å². The van der Waals surface area contributed by atoms with E-state index in [1.54, 1.807) is 24.3 Å². The number of aromatic nitrogens is 2. The first-order chi connectivity index (χ1) is 16.5. The number of rotatable bonds is 10. The molecule has 0 saturated carbocycles. The topological polar surface area (TPSA) is 120 Å². The van der Waals surface area contributed by atoms with Gasteiger partial charge in [0.15, 0.2) is 17.9 Å². The van der Waals surface area contributed by atoms with E-state index >= 15 is 0 Å². The molecule has 0 fully saturated rings. The van der Waals surface area contributed by atoms with Crippen LogP contribution in [0.5, 0.6) is 0 Å². The zero-order valence-corrected chi connectivity index (χ0v) is 19.7. The Morgan fingerprint density at radius 2 is 1.79 bits per heavy atom. The largest absolute Gasteiger partial charge is 0.368 e. The van der Waals surface area contributed by atoms with Crippen LogP contribution >= 0.6 is 23.2 Å². The molecule has 0 radical (unpaired) electrons. The minimum atomic E-state index is -0.456. The van der Waals surface area contributed by atoms with E-state index < -0.39 is 6.23 Å². The van der Waals surface area contributed by atoms with Gasteiger partial charge in [-0.25, -0.2) is 20.4 Å². The van der Waals surface area contributed by atoms with E-state index in [2.05, 4.69) is 31.3 Å². The second-order valence-corrected chi connectivity index (χ2v) is 8.65. The maximum Gasteiger partial charge on any atom is 0.272 e. The average molecular weight is 503 g/mol. The highest BCUT2D eigenvalue weighted by molar-refractivity contribution is 6.35. The lowest BCUT2D eigenvalue weighted by Gasteiger charge is -2.09. The Labute approximate surface area is 205 Å². The number of hydrogen-bond acceptors (Lipinski definition) is 7. The molecule has 1 aromatic heterocycles. The van der Waals surface area contributed by atoms with Gasteiger partial charge in [-0.1, -0.05) is 41.4 Å². The summed E-state index contributed by atoms with van der Waals surface area (Å²) in [6, 6.07) is 12.4.